The number of sulfonamides is 1. The third-order valence-corrected chi connectivity index (χ3v) is 6.33. The first-order valence-corrected chi connectivity index (χ1v) is 10.5. The third-order valence-electron chi connectivity index (χ3n) is 4.53. The molecule has 0 fully saturated rings. The number of benzene rings is 2. The molecule has 1 N–H and O–H groups in total. The summed E-state index contributed by atoms with van der Waals surface area (Å²) in [5.41, 5.74) is 1.85. The van der Waals surface area contributed by atoms with Crippen LogP contribution in [0.5, 0.6) is 0 Å². The predicted octanol–water partition coefficient (Wildman–Crippen LogP) is 3.61. The number of anilines is 1. The van der Waals surface area contributed by atoms with E-state index >= 15 is 0 Å². The van der Waals surface area contributed by atoms with Gasteiger partial charge >= 0.3 is 0 Å². The monoisotopic (exact) mass is 413 g/mol. The van der Waals surface area contributed by atoms with Gasteiger partial charge in [-0.05, 0) is 57.2 Å². The Morgan fingerprint density at radius 2 is 1.69 bits per heavy atom. The normalized spacial score (nSPS) is 12.4. The van der Waals surface area contributed by atoms with Crippen molar-refractivity contribution in [3.8, 4) is 0 Å². The van der Waals surface area contributed by atoms with Gasteiger partial charge in [-0.1, -0.05) is 17.7 Å². The smallest absolute Gasteiger partial charge is 0.264 e. The maximum absolute atomic E-state index is 12.8. The molecule has 0 aliphatic rings. The molecular weight excluding hydrogens is 390 g/mol. The number of amides is 1. The van der Waals surface area contributed by atoms with Crippen LogP contribution in [0.15, 0.2) is 64.0 Å². The summed E-state index contributed by atoms with van der Waals surface area (Å²) in [6, 6.07) is 12.6. The molecule has 0 aliphatic carbocycles. The molecule has 0 bridgehead atoms. The van der Waals surface area contributed by atoms with Crippen LogP contribution >= 0.6 is 0 Å². The van der Waals surface area contributed by atoms with E-state index in [0.717, 1.165) is 5.56 Å². The van der Waals surface area contributed by atoms with E-state index in [1.807, 2.05) is 6.92 Å². The summed E-state index contributed by atoms with van der Waals surface area (Å²) in [6.45, 7) is 5.46. The summed E-state index contributed by atoms with van der Waals surface area (Å²) in [4.78, 5) is 16.8. The molecule has 1 atom stereocenters. The molecule has 29 heavy (non-hydrogen) atoms. The lowest BCUT2D eigenvalue weighted by Crippen LogP contribution is -2.28. The molecule has 1 aromatic heterocycles. The Hall–Kier alpha value is -3.13. The highest BCUT2D eigenvalue weighted by molar-refractivity contribution is 7.92. The summed E-state index contributed by atoms with van der Waals surface area (Å²) in [5.74, 6) is 0.795. The van der Waals surface area contributed by atoms with Gasteiger partial charge in [-0.15, -0.1) is 0 Å². The van der Waals surface area contributed by atoms with Crippen LogP contribution in [0, 0.1) is 13.8 Å². The van der Waals surface area contributed by atoms with Gasteiger partial charge in [-0.3, -0.25) is 9.10 Å². The van der Waals surface area contributed by atoms with E-state index in [4.69, 9.17) is 4.42 Å². The lowest BCUT2D eigenvalue weighted by Gasteiger charge is -2.20. The number of rotatable bonds is 6. The van der Waals surface area contributed by atoms with Gasteiger partial charge in [-0.25, -0.2) is 13.4 Å². The van der Waals surface area contributed by atoms with Crippen molar-refractivity contribution in [3.05, 3.63) is 77.5 Å². The lowest BCUT2D eigenvalue weighted by atomic mass is 10.2. The predicted molar refractivity (Wildman–Crippen MR) is 110 cm³/mol. The zero-order valence-corrected chi connectivity index (χ0v) is 17.5. The first kappa shape index (κ1) is 20.6. The lowest BCUT2D eigenvalue weighted by molar-refractivity contribution is 0.0934. The fraction of sp³-hybridized carbons (Fsp3) is 0.238. The molecule has 1 amide bonds. The first-order valence-electron chi connectivity index (χ1n) is 9.07. The summed E-state index contributed by atoms with van der Waals surface area (Å²) >= 11 is 0. The van der Waals surface area contributed by atoms with Crippen LogP contribution in [0.1, 0.15) is 40.5 Å². The van der Waals surface area contributed by atoms with Gasteiger partial charge in [0.1, 0.15) is 11.8 Å². The Labute approximate surface area is 170 Å². The summed E-state index contributed by atoms with van der Waals surface area (Å²) < 4.78 is 32.2. The number of aromatic nitrogens is 1. The van der Waals surface area contributed by atoms with Crippen LogP contribution < -0.4 is 9.62 Å². The number of hydrogen-bond donors (Lipinski definition) is 1. The zero-order valence-electron chi connectivity index (χ0n) is 16.7. The number of aryl methyl sites for hydroxylation is 2. The Morgan fingerprint density at radius 1 is 1.07 bits per heavy atom. The molecule has 0 aliphatic heterocycles. The van der Waals surface area contributed by atoms with E-state index in [2.05, 4.69) is 10.3 Å². The van der Waals surface area contributed by atoms with Crippen LogP contribution in [0.2, 0.25) is 0 Å². The fourth-order valence-corrected chi connectivity index (χ4v) is 3.94. The van der Waals surface area contributed by atoms with Gasteiger partial charge in [0.15, 0.2) is 0 Å². The summed E-state index contributed by atoms with van der Waals surface area (Å²) in [7, 11) is -2.20. The molecule has 0 unspecified atom stereocenters. The van der Waals surface area contributed by atoms with Crippen LogP contribution in [0.3, 0.4) is 0 Å². The molecule has 0 radical (unpaired) electrons. The largest absolute Gasteiger partial charge is 0.444 e. The second kappa shape index (κ2) is 8.08. The Morgan fingerprint density at radius 3 is 2.24 bits per heavy atom. The highest BCUT2D eigenvalue weighted by Gasteiger charge is 2.22. The van der Waals surface area contributed by atoms with Crippen molar-refractivity contribution < 1.29 is 17.6 Å². The highest BCUT2D eigenvalue weighted by Crippen LogP contribution is 2.23. The molecule has 3 aromatic rings. The molecule has 0 saturated heterocycles. The van der Waals surface area contributed by atoms with Crippen molar-refractivity contribution in [1.29, 1.82) is 0 Å². The maximum Gasteiger partial charge on any atom is 0.264 e. The number of nitrogens with zero attached hydrogens (tertiary/aromatic N) is 2. The summed E-state index contributed by atoms with van der Waals surface area (Å²) in [6.07, 6.45) is 1.59. The van der Waals surface area contributed by atoms with Crippen molar-refractivity contribution >= 4 is 21.6 Å². The number of oxazole rings is 1. The van der Waals surface area contributed by atoms with Crippen LogP contribution in [0.25, 0.3) is 0 Å². The summed E-state index contributed by atoms with van der Waals surface area (Å²) in [5, 5.41) is 2.81. The average Bonchev–Trinajstić information content (AvgIpc) is 3.14. The van der Waals surface area contributed by atoms with Crippen molar-refractivity contribution in [1.82, 2.24) is 10.3 Å². The quantitative estimate of drug-likeness (QED) is 0.666. The van der Waals surface area contributed by atoms with E-state index < -0.39 is 10.0 Å². The van der Waals surface area contributed by atoms with E-state index in [0.29, 0.717) is 22.9 Å². The molecule has 7 nitrogen and oxygen atoms in total. The van der Waals surface area contributed by atoms with Crippen molar-refractivity contribution in [3.63, 3.8) is 0 Å². The minimum Gasteiger partial charge on any atom is -0.444 e. The van der Waals surface area contributed by atoms with Crippen LogP contribution in [-0.4, -0.2) is 26.4 Å². The van der Waals surface area contributed by atoms with Crippen molar-refractivity contribution in [2.75, 3.05) is 11.4 Å². The highest BCUT2D eigenvalue weighted by atomic mass is 32.2. The molecule has 3 rings (SSSR count). The molecule has 8 heteroatoms. The SMILES string of the molecule is Cc1ccc(S(=O)(=O)N(C)c2ccc(C(=O)N[C@@H](C)c3ncc(C)o3)cc2)cc1. The minimum absolute atomic E-state index is 0.211. The Balaban J connectivity index is 1.73. The van der Waals surface area contributed by atoms with Crippen molar-refractivity contribution in [2.24, 2.45) is 0 Å². The second-order valence-corrected chi connectivity index (χ2v) is 8.81. The van der Waals surface area contributed by atoms with E-state index in [-0.39, 0.29) is 16.8 Å². The van der Waals surface area contributed by atoms with Gasteiger partial charge in [0.2, 0.25) is 5.89 Å². The average molecular weight is 413 g/mol. The Bertz CT molecular complexity index is 1100. The topological polar surface area (TPSA) is 92.5 Å². The zero-order chi connectivity index (χ0) is 21.2. The van der Waals surface area contributed by atoms with E-state index in [9.17, 15) is 13.2 Å². The third kappa shape index (κ3) is 4.48. The number of carbonyl (C=O) groups is 1. The van der Waals surface area contributed by atoms with Gasteiger partial charge in [0, 0.05) is 12.6 Å². The molecule has 1 heterocycles. The maximum atomic E-state index is 12.8. The Kier molecular flexibility index (Phi) is 5.74. The standard InChI is InChI=1S/C21H23N3O4S/c1-14-5-11-19(12-6-14)29(26,27)24(4)18-9-7-17(8-10-18)20(25)23-16(3)21-22-13-15(2)28-21/h5-13,16H,1-4H3,(H,23,25)/t16-/m0/s1. The second-order valence-electron chi connectivity index (χ2n) is 6.84. The number of carbonyl (C=O) groups excluding carboxylic acids is 1. The van der Waals surface area contributed by atoms with Gasteiger partial charge in [0.25, 0.3) is 15.9 Å². The molecular formula is C21H23N3O4S. The van der Waals surface area contributed by atoms with E-state index in [1.165, 1.54) is 11.4 Å². The van der Waals surface area contributed by atoms with Crippen LogP contribution in [-0.2, 0) is 10.0 Å². The van der Waals surface area contributed by atoms with Gasteiger partial charge in [0.05, 0.1) is 16.8 Å². The minimum atomic E-state index is -3.68. The van der Waals surface area contributed by atoms with Crippen LogP contribution in [0.4, 0.5) is 5.69 Å². The first-order chi connectivity index (χ1) is 13.7. The molecule has 2 aromatic carbocycles. The number of hydrogen-bond acceptors (Lipinski definition) is 5. The fourth-order valence-electron chi connectivity index (χ4n) is 2.74. The van der Waals surface area contributed by atoms with E-state index in [1.54, 1.807) is 68.6 Å². The van der Waals surface area contributed by atoms with Gasteiger partial charge < -0.3 is 9.73 Å². The molecule has 0 spiro atoms. The molecule has 152 valence electrons. The molecule has 0 saturated carbocycles. The number of nitrogens with one attached hydrogen (secondary N) is 1. The van der Waals surface area contributed by atoms with Crippen molar-refractivity contribution in [2.45, 2.75) is 31.7 Å². The van der Waals surface area contributed by atoms with Gasteiger partial charge in [-0.2, -0.15) is 0 Å².